The standard InChI is InChI=1S/C23H35F3N4O.HI/c1-16(2)30-13-17(3)20(14-30)29-21(27-4)28-15-22(8-10-31-11-9-22)18-6-5-7-19(12-18)23(24,25)26;/h5-7,12,16-17,20H,8-11,13-15H2,1-4H3,(H2,27,28,29);1H. The summed E-state index contributed by atoms with van der Waals surface area (Å²) in [4.78, 5) is 6.83. The summed E-state index contributed by atoms with van der Waals surface area (Å²) in [5.74, 6) is 1.18. The number of benzene rings is 1. The first-order valence-corrected chi connectivity index (χ1v) is 11.1. The summed E-state index contributed by atoms with van der Waals surface area (Å²) in [5.41, 5.74) is -0.330. The number of hydrogen-bond acceptors (Lipinski definition) is 3. The van der Waals surface area contributed by atoms with Crippen molar-refractivity contribution in [1.82, 2.24) is 15.5 Å². The van der Waals surface area contributed by atoms with Crippen molar-refractivity contribution in [2.45, 2.75) is 57.3 Å². The number of alkyl halides is 3. The molecule has 9 heteroatoms. The maximum Gasteiger partial charge on any atom is 0.416 e. The van der Waals surface area contributed by atoms with Gasteiger partial charge >= 0.3 is 6.18 Å². The summed E-state index contributed by atoms with van der Waals surface area (Å²) < 4.78 is 45.5. The lowest BCUT2D eigenvalue weighted by Gasteiger charge is -2.38. The van der Waals surface area contributed by atoms with Gasteiger partial charge in [-0.2, -0.15) is 13.2 Å². The van der Waals surface area contributed by atoms with Crippen molar-refractivity contribution in [3.05, 3.63) is 35.4 Å². The summed E-state index contributed by atoms with van der Waals surface area (Å²) in [7, 11) is 1.73. The summed E-state index contributed by atoms with van der Waals surface area (Å²) in [5, 5.41) is 6.94. The quantitative estimate of drug-likeness (QED) is 0.317. The molecule has 5 nitrogen and oxygen atoms in total. The molecule has 0 aliphatic carbocycles. The van der Waals surface area contributed by atoms with Gasteiger partial charge in [0, 0.05) is 57.4 Å². The van der Waals surface area contributed by atoms with Gasteiger partial charge in [0.25, 0.3) is 0 Å². The second kappa shape index (κ2) is 11.4. The normalized spacial score (nSPS) is 24.3. The second-order valence-electron chi connectivity index (χ2n) is 9.17. The monoisotopic (exact) mass is 568 g/mol. The fourth-order valence-electron chi connectivity index (χ4n) is 4.59. The minimum atomic E-state index is -4.35. The molecule has 0 radical (unpaired) electrons. The molecule has 1 aromatic rings. The highest BCUT2D eigenvalue weighted by Gasteiger charge is 2.38. The van der Waals surface area contributed by atoms with Crippen molar-refractivity contribution >= 4 is 29.9 Å². The van der Waals surface area contributed by atoms with E-state index >= 15 is 0 Å². The largest absolute Gasteiger partial charge is 0.416 e. The molecule has 2 fully saturated rings. The van der Waals surface area contributed by atoms with Gasteiger partial charge in [-0.1, -0.05) is 25.1 Å². The SMILES string of the molecule is CN=C(NCC1(c2cccc(C(F)(F)F)c2)CCOCC1)NC1CN(C(C)C)CC1C.I. The predicted molar refractivity (Wildman–Crippen MR) is 133 cm³/mol. The fourth-order valence-corrected chi connectivity index (χ4v) is 4.59. The highest BCUT2D eigenvalue weighted by atomic mass is 127. The van der Waals surface area contributed by atoms with Crippen molar-refractivity contribution in [3.63, 3.8) is 0 Å². The van der Waals surface area contributed by atoms with Crippen LogP contribution in [-0.4, -0.2) is 62.8 Å². The van der Waals surface area contributed by atoms with Crippen molar-refractivity contribution in [3.8, 4) is 0 Å². The number of guanidine groups is 1. The number of halogens is 4. The van der Waals surface area contributed by atoms with Crippen molar-refractivity contribution in [2.75, 3.05) is 39.9 Å². The Labute approximate surface area is 206 Å². The van der Waals surface area contributed by atoms with Gasteiger partial charge in [-0.05, 0) is 44.2 Å². The fraction of sp³-hybridized carbons (Fsp3) is 0.696. The van der Waals surface area contributed by atoms with Crippen LogP contribution in [0.2, 0.25) is 0 Å². The number of rotatable bonds is 5. The van der Waals surface area contributed by atoms with Gasteiger partial charge in [0.05, 0.1) is 5.56 Å². The number of likely N-dealkylation sites (tertiary alicyclic amines) is 1. The van der Waals surface area contributed by atoms with E-state index in [9.17, 15) is 13.2 Å². The van der Waals surface area contributed by atoms with E-state index in [1.165, 1.54) is 12.1 Å². The molecule has 2 heterocycles. The number of hydrogen-bond donors (Lipinski definition) is 2. The van der Waals surface area contributed by atoms with Crippen LogP contribution in [0.3, 0.4) is 0 Å². The third kappa shape index (κ3) is 6.50. The molecule has 32 heavy (non-hydrogen) atoms. The molecule has 0 bridgehead atoms. The maximum absolute atomic E-state index is 13.3. The van der Waals surface area contributed by atoms with Crippen LogP contribution in [-0.2, 0) is 16.3 Å². The van der Waals surface area contributed by atoms with Crippen LogP contribution >= 0.6 is 24.0 Å². The zero-order valence-electron chi connectivity index (χ0n) is 19.3. The van der Waals surface area contributed by atoms with Gasteiger partial charge in [-0.25, -0.2) is 0 Å². The summed E-state index contributed by atoms with van der Waals surface area (Å²) in [6.07, 6.45) is -3.02. The van der Waals surface area contributed by atoms with Gasteiger partial charge in [0.2, 0.25) is 0 Å². The molecular weight excluding hydrogens is 532 g/mol. The molecule has 3 rings (SSSR count). The van der Waals surface area contributed by atoms with Gasteiger partial charge < -0.3 is 15.4 Å². The summed E-state index contributed by atoms with van der Waals surface area (Å²) in [6, 6.07) is 6.51. The molecule has 2 N–H and O–H groups in total. The van der Waals surface area contributed by atoms with Crippen LogP contribution in [0.4, 0.5) is 13.2 Å². The molecule has 0 aromatic heterocycles. The molecule has 182 valence electrons. The highest BCUT2D eigenvalue weighted by molar-refractivity contribution is 14.0. The summed E-state index contributed by atoms with van der Waals surface area (Å²) >= 11 is 0. The Morgan fingerprint density at radius 1 is 1.25 bits per heavy atom. The van der Waals surface area contributed by atoms with Gasteiger partial charge in [0.1, 0.15) is 0 Å². The van der Waals surface area contributed by atoms with Crippen molar-refractivity contribution in [1.29, 1.82) is 0 Å². The van der Waals surface area contributed by atoms with E-state index in [0.717, 1.165) is 19.2 Å². The van der Waals surface area contributed by atoms with Crippen LogP contribution in [0.25, 0.3) is 0 Å². The molecule has 2 aliphatic rings. The van der Waals surface area contributed by atoms with E-state index < -0.39 is 17.2 Å². The average molecular weight is 568 g/mol. The molecule has 2 aliphatic heterocycles. The lowest BCUT2D eigenvalue weighted by molar-refractivity contribution is -0.137. The molecular formula is C23H36F3IN4O. The Bertz CT molecular complexity index is 766. The Morgan fingerprint density at radius 3 is 2.50 bits per heavy atom. The molecule has 2 unspecified atom stereocenters. The first-order chi connectivity index (χ1) is 14.6. The van der Waals surface area contributed by atoms with E-state index in [4.69, 9.17) is 4.74 Å². The van der Waals surface area contributed by atoms with Gasteiger partial charge in [0.15, 0.2) is 5.96 Å². The van der Waals surface area contributed by atoms with Crippen LogP contribution < -0.4 is 10.6 Å². The van der Waals surface area contributed by atoms with E-state index in [1.807, 2.05) is 0 Å². The zero-order valence-corrected chi connectivity index (χ0v) is 21.7. The Hall–Kier alpha value is -1.07. The summed E-state index contributed by atoms with van der Waals surface area (Å²) in [6.45, 7) is 10.2. The van der Waals surface area contributed by atoms with Gasteiger partial charge in [-0.3, -0.25) is 9.89 Å². The van der Waals surface area contributed by atoms with Crippen molar-refractivity contribution in [2.24, 2.45) is 10.9 Å². The molecule has 0 saturated carbocycles. The molecule has 0 spiro atoms. The third-order valence-corrected chi connectivity index (χ3v) is 6.76. The molecule has 2 atom stereocenters. The van der Waals surface area contributed by atoms with E-state index in [2.05, 4.69) is 41.3 Å². The first-order valence-electron chi connectivity index (χ1n) is 11.1. The maximum atomic E-state index is 13.3. The van der Waals surface area contributed by atoms with Crippen LogP contribution in [0, 0.1) is 5.92 Å². The molecule has 1 aromatic carbocycles. The van der Waals surface area contributed by atoms with E-state index in [1.54, 1.807) is 13.1 Å². The van der Waals surface area contributed by atoms with Crippen LogP contribution in [0.5, 0.6) is 0 Å². The van der Waals surface area contributed by atoms with Gasteiger partial charge in [-0.15, -0.1) is 24.0 Å². The lowest BCUT2D eigenvalue weighted by atomic mass is 9.73. The number of nitrogens with one attached hydrogen (secondary N) is 2. The van der Waals surface area contributed by atoms with E-state index in [0.29, 0.717) is 56.1 Å². The first kappa shape index (κ1) is 27.2. The minimum Gasteiger partial charge on any atom is -0.381 e. The Kier molecular flexibility index (Phi) is 9.66. The smallest absolute Gasteiger partial charge is 0.381 e. The van der Waals surface area contributed by atoms with Crippen LogP contribution in [0.1, 0.15) is 44.7 Å². The topological polar surface area (TPSA) is 48.9 Å². The van der Waals surface area contributed by atoms with E-state index in [-0.39, 0.29) is 30.0 Å². The van der Waals surface area contributed by atoms with Crippen molar-refractivity contribution < 1.29 is 17.9 Å². The zero-order chi connectivity index (χ0) is 22.6. The average Bonchev–Trinajstić information content (AvgIpc) is 3.12. The third-order valence-electron chi connectivity index (χ3n) is 6.76. The number of aliphatic imine (C=N–C) groups is 1. The predicted octanol–water partition coefficient (Wildman–Crippen LogP) is 4.27. The Morgan fingerprint density at radius 2 is 1.94 bits per heavy atom. The lowest BCUT2D eigenvalue weighted by Crippen LogP contribution is -2.51. The molecule has 0 amide bonds. The Balaban J connectivity index is 0.00000363. The minimum absolute atomic E-state index is 0. The number of ether oxygens (including phenoxy) is 1. The van der Waals surface area contributed by atoms with Crippen LogP contribution in [0.15, 0.2) is 29.3 Å². The molecule has 2 saturated heterocycles. The highest BCUT2D eigenvalue weighted by Crippen LogP contribution is 2.37. The second-order valence-corrected chi connectivity index (χ2v) is 9.17. The number of nitrogens with zero attached hydrogens (tertiary/aromatic N) is 2.